The Balaban J connectivity index is 1.29. The first-order valence-electron chi connectivity index (χ1n) is 10.3. The molecule has 2 N–H and O–H groups in total. The van der Waals surface area contributed by atoms with Gasteiger partial charge in [0.25, 0.3) is 0 Å². The second-order valence-electron chi connectivity index (χ2n) is 7.71. The van der Waals surface area contributed by atoms with E-state index in [9.17, 15) is 0 Å². The Kier molecular flexibility index (Phi) is 5.31. The number of H-pyrrole nitrogens is 1. The van der Waals surface area contributed by atoms with Crippen LogP contribution < -0.4 is 5.32 Å². The van der Waals surface area contributed by atoms with Gasteiger partial charge in [0.1, 0.15) is 0 Å². The summed E-state index contributed by atoms with van der Waals surface area (Å²) in [5, 5.41) is 7.04. The van der Waals surface area contributed by atoms with Gasteiger partial charge in [-0.15, -0.1) is 0 Å². The van der Waals surface area contributed by atoms with Crippen molar-refractivity contribution >= 4 is 33.4 Å². The molecule has 5 aromatic rings. The van der Waals surface area contributed by atoms with Crippen molar-refractivity contribution < 1.29 is 0 Å². The topological polar surface area (TPSA) is 32.8 Å². The van der Waals surface area contributed by atoms with Crippen LogP contribution >= 0.6 is 11.6 Å². The molecule has 0 fully saturated rings. The molecule has 2 aromatic heterocycles. The molecule has 0 unspecified atom stereocenters. The molecule has 0 aliphatic rings. The van der Waals surface area contributed by atoms with Gasteiger partial charge in [-0.1, -0.05) is 60.1 Å². The van der Waals surface area contributed by atoms with E-state index in [0.29, 0.717) is 0 Å². The Bertz CT molecular complexity index is 1280. The van der Waals surface area contributed by atoms with Crippen LogP contribution in [0.15, 0.2) is 85.2 Å². The zero-order valence-electron chi connectivity index (χ0n) is 16.7. The summed E-state index contributed by atoms with van der Waals surface area (Å²) in [6, 6.07) is 25.2. The second-order valence-corrected chi connectivity index (χ2v) is 8.15. The summed E-state index contributed by atoms with van der Waals surface area (Å²) in [5.74, 6) is 0. The first-order chi connectivity index (χ1) is 14.8. The summed E-state index contributed by atoms with van der Waals surface area (Å²) in [6.45, 7) is 2.64. The highest BCUT2D eigenvalue weighted by atomic mass is 35.5. The van der Waals surface area contributed by atoms with Crippen LogP contribution in [-0.2, 0) is 19.5 Å². The summed E-state index contributed by atoms with van der Waals surface area (Å²) in [7, 11) is 0. The Labute approximate surface area is 181 Å². The number of fused-ring (bicyclic) bond motifs is 2. The first kappa shape index (κ1) is 19.0. The van der Waals surface area contributed by atoms with Gasteiger partial charge in [0.15, 0.2) is 0 Å². The Morgan fingerprint density at radius 3 is 2.47 bits per heavy atom. The maximum atomic E-state index is 6.04. The van der Waals surface area contributed by atoms with Gasteiger partial charge >= 0.3 is 0 Å². The monoisotopic (exact) mass is 413 g/mol. The van der Waals surface area contributed by atoms with Gasteiger partial charge in [0.2, 0.25) is 0 Å². The molecule has 0 atom stereocenters. The number of hydrogen-bond acceptors (Lipinski definition) is 1. The van der Waals surface area contributed by atoms with E-state index in [4.69, 9.17) is 11.6 Å². The minimum atomic E-state index is 0.774. The van der Waals surface area contributed by atoms with Crippen molar-refractivity contribution in [2.24, 2.45) is 0 Å². The number of aromatic nitrogens is 2. The summed E-state index contributed by atoms with van der Waals surface area (Å²) in [6.07, 6.45) is 5.41. The summed E-state index contributed by atoms with van der Waals surface area (Å²) < 4.78 is 2.33. The normalized spacial score (nSPS) is 11.5. The Hall–Kier alpha value is -3.01. The van der Waals surface area contributed by atoms with Crippen LogP contribution in [0.3, 0.4) is 0 Å². The van der Waals surface area contributed by atoms with Crippen molar-refractivity contribution in [2.75, 3.05) is 6.54 Å². The van der Waals surface area contributed by atoms with Crippen molar-refractivity contribution in [2.45, 2.75) is 19.5 Å². The first-order valence-corrected chi connectivity index (χ1v) is 10.7. The minimum absolute atomic E-state index is 0.774. The predicted molar refractivity (Wildman–Crippen MR) is 126 cm³/mol. The lowest BCUT2D eigenvalue weighted by molar-refractivity contribution is 0.688. The summed E-state index contributed by atoms with van der Waals surface area (Å²) >= 11 is 6.04. The van der Waals surface area contributed by atoms with E-state index < -0.39 is 0 Å². The predicted octanol–water partition coefficient (Wildman–Crippen LogP) is 6.16. The fourth-order valence-corrected chi connectivity index (χ4v) is 4.29. The van der Waals surface area contributed by atoms with Gasteiger partial charge in [-0.3, -0.25) is 0 Å². The molecule has 3 nitrogen and oxygen atoms in total. The highest BCUT2D eigenvalue weighted by Crippen LogP contribution is 2.23. The zero-order valence-corrected chi connectivity index (χ0v) is 17.5. The largest absolute Gasteiger partial charge is 0.361 e. The SMILES string of the molecule is Clc1ccc(Cn2cc(CNCCc3c[nH]c4ccccc34)c3ccccc32)cc1. The van der Waals surface area contributed by atoms with E-state index in [0.717, 1.165) is 31.1 Å². The summed E-state index contributed by atoms with van der Waals surface area (Å²) in [5.41, 5.74) is 6.42. The molecule has 0 aliphatic heterocycles. The van der Waals surface area contributed by atoms with Crippen LogP contribution in [0.4, 0.5) is 0 Å². The molecule has 150 valence electrons. The minimum Gasteiger partial charge on any atom is -0.361 e. The number of para-hydroxylation sites is 2. The number of nitrogens with zero attached hydrogens (tertiary/aromatic N) is 1. The molecule has 0 bridgehead atoms. The quantitative estimate of drug-likeness (QED) is 0.308. The van der Waals surface area contributed by atoms with Crippen molar-refractivity contribution in [3.05, 3.63) is 107 Å². The standard InChI is InChI=1S/C26H24ClN3/c27-22-11-9-19(10-12-22)17-30-18-21(24-6-2-4-8-26(24)30)15-28-14-13-20-16-29-25-7-3-1-5-23(20)25/h1-12,16,18,28-29H,13-15,17H2. The average molecular weight is 414 g/mol. The van der Waals surface area contributed by atoms with E-state index in [2.05, 4.69) is 87.9 Å². The van der Waals surface area contributed by atoms with E-state index >= 15 is 0 Å². The van der Waals surface area contributed by atoms with Gasteiger partial charge < -0.3 is 14.9 Å². The average Bonchev–Trinajstić information content (AvgIpc) is 3.35. The highest BCUT2D eigenvalue weighted by Gasteiger charge is 2.09. The van der Waals surface area contributed by atoms with Crippen molar-refractivity contribution in [3.8, 4) is 0 Å². The van der Waals surface area contributed by atoms with Gasteiger partial charge in [-0.2, -0.15) is 0 Å². The van der Waals surface area contributed by atoms with Crippen LogP contribution in [0.2, 0.25) is 5.02 Å². The van der Waals surface area contributed by atoms with Crippen molar-refractivity contribution in [3.63, 3.8) is 0 Å². The van der Waals surface area contributed by atoms with Gasteiger partial charge in [0.05, 0.1) is 0 Å². The lowest BCUT2D eigenvalue weighted by Gasteiger charge is -2.05. The van der Waals surface area contributed by atoms with Gasteiger partial charge in [-0.25, -0.2) is 0 Å². The fourth-order valence-electron chi connectivity index (χ4n) is 4.17. The zero-order chi connectivity index (χ0) is 20.3. The number of benzene rings is 3. The molecular formula is C26H24ClN3. The number of hydrogen-bond donors (Lipinski definition) is 2. The molecular weight excluding hydrogens is 390 g/mol. The molecule has 2 heterocycles. The third kappa shape index (κ3) is 3.87. The molecule has 0 amide bonds. The lowest BCUT2D eigenvalue weighted by Crippen LogP contribution is -2.16. The van der Waals surface area contributed by atoms with Gasteiger partial charge in [-0.05, 0) is 53.9 Å². The van der Waals surface area contributed by atoms with Crippen molar-refractivity contribution in [1.82, 2.24) is 14.9 Å². The van der Waals surface area contributed by atoms with Crippen LogP contribution in [0.1, 0.15) is 16.7 Å². The smallest absolute Gasteiger partial charge is 0.0486 e. The third-order valence-electron chi connectivity index (χ3n) is 5.70. The molecule has 0 saturated heterocycles. The molecule has 0 radical (unpaired) electrons. The molecule has 30 heavy (non-hydrogen) atoms. The summed E-state index contributed by atoms with van der Waals surface area (Å²) in [4.78, 5) is 3.36. The van der Waals surface area contributed by atoms with Crippen LogP contribution in [-0.4, -0.2) is 16.1 Å². The van der Waals surface area contributed by atoms with Crippen LogP contribution in [0, 0.1) is 0 Å². The maximum absolute atomic E-state index is 6.04. The van der Waals surface area contributed by atoms with Crippen molar-refractivity contribution in [1.29, 1.82) is 0 Å². The molecule has 0 aliphatic carbocycles. The van der Waals surface area contributed by atoms with Gasteiger partial charge in [0, 0.05) is 52.3 Å². The second kappa shape index (κ2) is 8.39. The van der Waals surface area contributed by atoms with E-state index in [1.54, 1.807) is 0 Å². The molecule has 3 aromatic carbocycles. The Morgan fingerprint density at radius 2 is 1.60 bits per heavy atom. The van der Waals surface area contributed by atoms with E-state index in [-0.39, 0.29) is 0 Å². The van der Waals surface area contributed by atoms with Crippen LogP contribution in [0.25, 0.3) is 21.8 Å². The fraction of sp³-hybridized carbons (Fsp3) is 0.154. The van der Waals surface area contributed by atoms with Crippen LogP contribution in [0.5, 0.6) is 0 Å². The molecule has 4 heteroatoms. The highest BCUT2D eigenvalue weighted by molar-refractivity contribution is 6.30. The molecule has 5 rings (SSSR count). The Morgan fingerprint density at radius 1 is 0.833 bits per heavy atom. The van der Waals surface area contributed by atoms with E-state index in [1.807, 2.05) is 12.1 Å². The molecule has 0 saturated carbocycles. The number of nitrogens with one attached hydrogen (secondary N) is 2. The number of aromatic amines is 1. The number of halogens is 1. The number of rotatable bonds is 7. The third-order valence-corrected chi connectivity index (χ3v) is 5.95. The molecule has 0 spiro atoms. The van der Waals surface area contributed by atoms with E-state index in [1.165, 1.54) is 38.5 Å². The maximum Gasteiger partial charge on any atom is 0.0486 e. The lowest BCUT2D eigenvalue weighted by atomic mass is 10.1.